The first-order valence-electron chi connectivity index (χ1n) is 7.64. The molecule has 1 saturated heterocycles. The minimum absolute atomic E-state index is 0.108. The Morgan fingerprint density at radius 1 is 1.19 bits per heavy atom. The largest absolute Gasteiger partial charge is 0.391 e. The van der Waals surface area contributed by atoms with Crippen molar-refractivity contribution in [2.75, 3.05) is 13.1 Å². The standard InChI is InChI=1S/C17H22N2OS/c20-13-16-11-18-17(21-16)12-19-8-6-15(7-9-19)10-14-4-2-1-3-5-14/h1-5,11,15,20H,6-10,12-13H2. The molecular weight excluding hydrogens is 280 g/mol. The summed E-state index contributed by atoms with van der Waals surface area (Å²) in [5.41, 5.74) is 1.46. The highest BCUT2D eigenvalue weighted by Gasteiger charge is 2.20. The Bertz CT molecular complexity index is 547. The van der Waals surface area contributed by atoms with Gasteiger partial charge in [-0.25, -0.2) is 4.98 Å². The Hall–Kier alpha value is -1.23. The molecule has 2 aromatic rings. The Kier molecular flexibility index (Phi) is 5.01. The molecule has 4 heteroatoms. The van der Waals surface area contributed by atoms with E-state index in [-0.39, 0.29) is 6.61 Å². The lowest BCUT2D eigenvalue weighted by Crippen LogP contribution is -2.33. The maximum Gasteiger partial charge on any atom is 0.107 e. The van der Waals surface area contributed by atoms with E-state index >= 15 is 0 Å². The van der Waals surface area contributed by atoms with E-state index in [2.05, 4.69) is 40.2 Å². The van der Waals surface area contributed by atoms with Gasteiger partial charge in [0.05, 0.1) is 18.0 Å². The van der Waals surface area contributed by atoms with Crippen LogP contribution in [0.5, 0.6) is 0 Å². The molecule has 1 aliphatic heterocycles. The van der Waals surface area contributed by atoms with Crippen molar-refractivity contribution in [1.29, 1.82) is 0 Å². The first-order valence-corrected chi connectivity index (χ1v) is 8.46. The van der Waals surface area contributed by atoms with Gasteiger partial charge in [0.1, 0.15) is 5.01 Å². The van der Waals surface area contributed by atoms with Gasteiger partial charge in [0.25, 0.3) is 0 Å². The molecule has 1 fully saturated rings. The van der Waals surface area contributed by atoms with Gasteiger partial charge in [-0.1, -0.05) is 30.3 Å². The number of aliphatic hydroxyl groups is 1. The van der Waals surface area contributed by atoms with Gasteiger partial charge >= 0.3 is 0 Å². The van der Waals surface area contributed by atoms with Crippen LogP contribution in [0.25, 0.3) is 0 Å². The first kappa shape index (κ1) is 14.7. The van der Waals surface area contributed by atoms with Crippen LogP contribution in [0.1, 0.15) is 28.3 Å². The maximum atomic E-state index is 9.09. The summed E-state index contributed by atoms with van der Waals surface area (Å²) in [6.45, 7) is 3.36. The monoisotopic (exact) mass is 302 g/mol. The molecule has 0 radical (unpaired) electrons. The summed E-state index contributed by atoms with van der Waals surface area (Å²) in [5, 5.41) is 10.2. The molecule has 0 spiro atoms. The normalized spacial score (nSPS) is 17.2. The molecule has 3 rings (SSSR count). The molecule has 1 N–H and O–H groups in total. The molecule has 112 valence electrons. The highest BCUT2D eigenvalue weighted by molar-refractivity contribution is 7.11. The van der Waals surface area contributed by atoms with Crippen molar-refractivity contribution in [2.24, 2.45) is 5.92 Å². The number of hydrogen-bond acceptors (Lipinski definition) is 4. The lowest BCUT2D eigenvalue weighted by atomic mass is 9.90. The van der Waals surface area contributed by atoms with Gasteiger partial charge in [-0.05, 0) is 43.8 Å². The minimum atomic E-state index is 0.108. The third kappa shape index (κ3) is 4.13. The predicted molar refractivity (Wildman–Crippen MR) is 86.2 cm³/mol. The average molecular weight is 302 g/mol. The van der Waals surface area contributed by atoms with Crippen LogP contribution in [-0.4, -0.2) is 28.1 Å². The number of likely N-dealkylation sites (tertiary alicyclic amines) is 1. The van der Waals surface area contributed by atoms with Crippen LogP contribution < -0.4 is 0 Å². The minimum Gasteiger partial charge on any atom is -0.391 e. The van der Waals surface area contributed by atoms with E-state index in [9.17, 15) is 0 Å². The molecule has 1 aliphatic rings. The molecule has 21 heavy (non-hydrogen) atoms. The van der Waals surface area contributed by atoms with E-state index in [0.717, 1.165) is 35.4 Å². The summed E-state index contributed by atoms with van der Waals surface area (Å²) in [6, 6.07) is 10.8. The number of piperidine rings is 1. The fraction of sp³-hybridized carbons (Fsp3) is 0.471. The number of aromatic nitrogens is 1. The third-order valence-electron chi connectivity index (χ3n) is 4.19. The fourth-order valence-corrected chi connectivity index (χ4v) is 3.81. The SMILES string of the molecule is OCc1cnc(CN2CCC(Cc3ccccc3)CC2)s1. The van der Waals surface area contributed by atoms with Crippen molar-refractivity contribution in [3.63, 3.8) is 0 Å². The zero-order chi connectivity index (χ0) is 14.5. The van der Waals surface area contributed by atoms with Crippen molar-refractivity contribution in [1.82, 2.24) is 9.88 Å². The van der Waals surface area contributed by atoms with Crippen molar-refractivity contribution in [3.05, 3.63) is 52.0 Å². The smallest absolute Gasteiger partial charge is 0.107 e. The molecule has 0 atom stereocenters. The lowest BCUT2D eigenvalue weighted by molar-refractivity contribution is 0.177. The average Bonchev–Trinajstić information content (AvgIpc) is 2.98. The van der Waals surface area contributed by atoms with Gasteiger partial charge in [0.2, 0.25) is 0 Å². The molecule has 0 unspecified atom stereocenters. The summed E-state index contributed by atoms with van der Waals surface area (Å²) in [7, 11) is 0. The van der Waals surface area contributed by atoms with Crippen molar-refractivity contribution in [3.8, 4) is 0 Å². The van der Waals surface area contributed by atoms with Gasteiger partial charge in [0, 0.05) is 6.20 Å². The number of rotatable bonds is 5. The van der Waals surface area contributed by atoms with Crippen molar-refractivity contribution >= 4 is 11.3 Å². The van der Waals surface area contributed by atoms with Crippen LogP contribution in [0.2, 0.25) is 0 Å². The zero-order valence-corrected chi connectivity index (χ0v) is 13.1. The van der Waals surface area contributed by atoms with Crippen molar-refractivity contribution in [2.45, 2.75) is 32.4 Å². The van der Waals surface area contributed by atoms with E-state index in [1.165, 1.54) is 24.8 Å². The molecule has 0 saturated carbocycles. The van der Waals surface area contributed by atoms with Gasteiger partial charge in [-0.2, -0.15) is 0 Å². The Balaban J connectivity index is 1.46. The molecule has 1 aromatic heterocycles. The second-order valence-electron chi connectivity index (χ2n) is 5.79. The second-order valence-corrected chi connectivity index (χ2v) is 6.99. The van der Waals surface area contributed by atoms with Gasteiger partial charge < -0.3 is 5.11 Å². The number of thiazole rings is 1. The van der Waals surface area contributed by atoms with Crippen LogP contribution >= 0.6 is 11.3 Å². The number of aliphatic hydroxyl groups excluding tert-OH is 1. The molecule has 0 bridgehead atoms. The highest BCUT2D eigenvalue weighted by Crippen LogP contribution is 2.23. The van der Waals surface area contributed by atoms with E-state index in [1.807, 2.05) is 0 Å². The molecule has 3 nitrogen and oxygen atoms in total. The van der Waals surface area contributed by atoms with E-state index in [4.69, 9.17) is 5.11 Å². The number of benzene rings is 1. The van der Waals surface area contributed by atoms with Crippen LogP contribution in [0.3, 0.4) is 0 Å². The summed E-state index contributed by atoms with van der Waals surface area (Å²) >= 11 is 1.63. The Labute approximate surface area is 130 Å². The Morgan fingerprint density at radius 2 is 1.95 bits per heavy atom. The van der Waals surface area contributed by atoms with E-state index in [1.54, 1.807) is 17.5 Å². The van der Waals surface area contributed by atoms with Crippen molar-refractivity contribution < 1.29 is 5.11 Å². The van der Waals surface area contributed by atoms with Gasteiger partial charge in [-0.3, -0.25) is 4.90 Å². The summed E-state index contributed by atoms with van der Waals surface area (Å²) < 4.78 is 0. The summed E-state index contributed by atoms with van der Waals surface area (Å²) in [6.07, 6.45) is 5.54. The van der Waals surface area contributed by atoms with Crippen LogP contribution in [0, 0.1) is 5.92 Å². The maximum absolute atomic E-state index is 9.09. The van der Waals surface area contributed by atoms with E-state index < -0.39 is 0 Å². The number of nitrogens with zero attached hydrogens (tertiary/aromatic N) is 2. The topological polar surface area (TPSA) is 36.4 Å². The van der Waals surface area contributed by atoms with Crippen LogP contribution in [0.15, 0.2) is 36.5 Å². The first-order chi connectivity index (χ1) is 10.3. The molecule has 0 amide bonds. The van der Waals surface area contributed by atoms with E-state index in [0.29, 0.717) is 0 Å². The lowest BCUT2D eigenvalue weighted by Gasteiger charge is -2.31. The summed E-state index contributed by atoms with van der Waals surface area (Å²) in [5.74, 6) is 0.813. The second kappa shape index (κ2) is 7.16. The molecule has 0 aliphatic carbocycles. The quantitative estimate of drug-likeness (QED) is 0.922. The van der Waals surface area contributed by atoms with Gasteiger partial charge in [0.15, 0.2) is 0 Å². The molecule has 2 heterocycles. The predicted octanol–water partition coefficient (Wildman–Crippen LogP) is 3.09. The fourth-order valence-electron chi connectivity index (χ4n) is 2.98. The molecular formula is C17H22N2OS. The van der Waals surface area contributed by atoms with Crippen LogP contribution in [-0.2, 0) is 19.6 Å². The molecule has 1 aromatic carbocycles. The Morgan fingerprint density at radius 3 is 2.62 bits per heavy atom. The third-order valence-corrected chi connectivity index (χ3v) is 5.16. The summed E-state index contributed by atoms with van der Waals surface area (Å²) in [4.78, 5) is 7.83. The number of hydrogen-bond donors (Lipinski definition) is 1. The highest BCUT2D eigenvalue weighted by atomic mass is 32.1. The van der Waals surface area contributed by atoms with Gasteiger partial charge in [-0.15, -0.1) is 11.3 Å². The zero-order valence-electron chi connectivity index (χ0n) is 12.2. The van der Waals surface area contributed by atoms with Crippen LogP contribution in [0.4, 0.5) is 0 Å².